The lowest BCUT2D eigenvalue weighted by Crippen LogP contribution is -2.24. The molecule has 19 heavy (non-hydrogen) atoms. The van der Waals surface area contributed by atoms with Crippen LogP contribution in [-0.2, 0) is 0 Å². The van der Waals surface area contributed by atoms with Gasteiger partial charge >= 0.3 is 0 Å². The maximum absolute atomic E-state index is 4.52. The average Bonchev–Trinajstić information content (AvgIpc) is 3.00. The van der Waals surface area contributed by atoms with Gasteiger partial charge in [0.15, 0.2) is 5.65 Å². The van der Waals surface area contributed by atoms with Crippen LogP contribution in [0.25, 0.3) is 11.0 Å². The fourth-order valence-corrected chi connectivity index (χ4v) is 2.80. The van der Waals surface area contributed by atoms with Gasteiger partial charge in [0.25, 0.3) is 0 Å². The molecule has 3 rings (SSSR count). The number of rotatable bonds is 3. The number of hydrogen-bond donors (Lipinski definition) is 3. The number of anilines is 2. The van der Waals surface area contributed by atoms with Crippen molar-refractivity contribution in [3.8, 4) is 0 Å². The molecule has 0 radical (unpaired) electrons. The molecular weight excluding hydrogens is 240 g/mol. The zero-order valence-corrected chi connectivity index (χ0v) is 11.6. The first kappa shape index (κ1) is 12.2. The van der Waals surface area contributed by atoms with Crippen LogP contribution in [0.3, 0.4) is 0 Å². The van der Waals surface area contributed by atoms with Crippen LogP contribution in [0.4, 0.5) is 11.8 Å². The highest BCUT2D eigenvalue weighted by atomic mass is 15.2. The average molecular weight is 260 g/mol. The molecule has 2 aromatic rings. The van der Waals surface area contributed by atoms with Gasteiger partial charge in [0.05, 0.1) is 11.6 Å². The number of H-pyrrole nitrogens is 1. The lowest BCUT2D eigenvalue weighted by Gasteiger charge is -2.20. The SMILES string of the molecule is CNc1nc(NC2CCC(C)C2C)c2cn[nH]c2n1. The van der Waals surface area contributed by atoms with Crippen LogP contribution < -0.4 is 10.6 Å². The van der Waals surface area contributed by atoms with Crippen molar-refractivity contribution in [3.63, 3.8) is 0 Å². The molecule has 1 aliphatic rings. The molecule has 0 aliphatic heterocycles. The summed E-state index contributed by atoms with van der Waals surface area (Å²) in [7, 11) is 1.82. The summed E-state index contributed by atoms with van der Waals surface area (Å²) in [6.07, 6.45) is 4.25. The molecular formula is C13H20N6. The molecule has 6 nitrogen and oxygen atoms in total. The largest absolute Gasteiger partial charge is 0.366 e. The Hall–Kier alpha value is -1.85. The van der Waals surface area contributed by atoms with E-state index in [0.29, 0.717) is 17.9 Å². The van der Waals surface area contributed by atoms with Crippen LogP contribution in [0.2, 0.25) is 0 Å². The third-order valence-electron chi connectivity index (χ3n) is 4.32. The molecule has 3 N–H and O–H groups in total. The minimum atomic E-state index is 0.479. The van der Waals surface area contributed by atoms with Gasteiger partial charge in [0, 0.05) is 13.1 Å². The molecule has 3 atom stereocenters. The van der Waals surface area contributed by atoms with Crippen molar-refractivity contribution in [2.75, 3.05) is 17.7 Å². The van der Waals surface area contributed by atoms with Crippen LogP contribution in [0.1, 0.15) is 26.7 Å². The highest BCUT2D eigenvalue weighted by Crippen LogP contribution is 2.34. The number of aromatic amines is 1. The number of fused-ring (bicyclic) bond motifs is 1. The van der Waals surface area contributed by atoms with Crippen LogP contribution in [0.5, 0.6) is 0 Å². The van der Waals surface area contributed by atoms with E-state index in [1.165, 1.54) is 12.8 Å². The maximum Gasteiger partial charge on any atom is 0.226 e. The van der Waals surface area contributed by atoms with Crippen molar-refractivity contribution in [1.82, 2.24) is 20.2 Å². The van der Waals surface area contributed by atoms with Crippen molar-refractivity contribution in [1.29, 1.82) is 0 Å². The van der Waals surface area contributed by atoms with Crippen LogP contribution in [0, 0.1) is 11.8 Å². The van der Waals surface area contributed by atoms with Crippen molar-refractivity contribution < 1.29 is 0 Å². The summed E-state index contributed by atoms with van der Waals surface area (Å²) in [5.74, 6) is 2.91. The molecule has 0 amide bonds. The van der Waals surface area contributed by atoms with Crippen molar-refractivity contribution >= 4 is 22.8 Å². The summed E-state index contributed by atoms with van der Waals surface area (Å²) in [4.78, 5) is 8.86. The van der Waals surface area contributed by atoms with E-state index in [9.17, 15) is 0 Å². The molecule has 2 aromatic heterocycles. The zero-order chi connectivity index (χ0) is 13.4. The van der Waals surface area contributed by atoms with Gasteiger partial charge in [0.2, 0.25) is 5.95 Å². The Kier molecular flexibility index (Phi) is 3.00. The first-order valence-corrected chi connectivity index (χ1v) is 6.84. The molecule has 0 saturated heterocycles. The first-order chi connectivity index (χ1) is 9.19. The van der Waals surface area contributed by atoms with Crippen LogP contribution >= 0.6 is 0 Å². The fraction of sp³-hybridized carbons (Fsp3) is 0.615. The Morgan fingerprint density at radius 3 is 2.79 bits per heavy atom. The standard InChI is InChI=1S/C13H20N6/c1-7-4-5-10(8(7)2)16-11-9-6-15-19-12(9)18-13(14-3)17-11/h6-8,10H,4-5H2,1-3H3,(H3,14,15,16,17,18,19). The molecule has 1 saturated carbocycles. The summed E-state index contributed by atoms with van der Waals surface area (Å²) < 4.78 is 0. The highest BCUT2D eigenvalue weighted by molar-refractivity contribution is 5.87. The van der Waals surface area contributed by atoms with Crippen molar-refractivity contribution in [3.05, 3.63) is 6.20 Å². The maximum atomic E-state index is 4.52. The number of nitrogens with zero attached hydrogens (tertiary/aromatic N) is 3. The van der Waals surface area contributed by atoms with E-state index in [0.717, 1.165) is 22.8 Å². The summed E-state index contributed by atoms with van der Waals surface area (Å²) in [5.41, 5.74) is 0.764. The summed E-state index contributed by atoms with van der Waals surface area (Å²) >= 11 is 0. The second-order valence-electron chi connectivity index (χ2n) is 5.44. The van der Waals surface area contributed by atoms with E-state index in [1.807, 2.05) is 7.05 Å². The normalized spacial score (nSPS) is 26.8. The summed E-state index contributed by atoms with van der Waals surface area (Å²) in [6.45, 7) is 4.63. The summed E-state index contributed by atoms with van der Waals surface area (Å²) in [5, 5.41) is 14.5. The minimum Gasteiger partial charge on any atom is -0.366 e. The molecule has 0 spiro atoms. The zero-order valence-electron chi connectivity index (χ0n) is 11.6. The second-order valence-corrected chi connectivity index (χ2v) is 5.44. The van der Waals surface area contributed by atoms with Gasteiger partial charge in [0.1, 0.15) is 5.82 Å². The van der Waals surface area contributed by atoms with Gasteiger partial charge in [-0.15, -0.1) is 0 Å². The van der Waals surface area contributed by atoms with E-state index in [2.05, 4.69) is 44.6 Å². The minimum absolute atomic E-state index is 0.479. The first-order valence-electron chi connectivity index (χ1n) is 6.84. The van der Waals surface area contributed by atoms with Crippen LogP contribution in [0.15, 0.2) is 6.20 Å². The fourth-order valence-electron chi connectivity index (χ4n) is 2.80. The van der Waals surface area contributed by atoms with E-state index in [4.69, 9.17) is 0 Å². The van der Waals surface area contributed by atoms with Gasteiger partial charge in [-0.3, -0.25) is 5.10 Å². The molecule has 102 valence electrons. The Labute approximate surface area is 112 Å². The van der Waals surface area contributed by atoms with E-state index < -0.39 is 0 Å². The molecule has 6 heteroatoms. The molecule has 1 aliphatic carbocycles. The number of nitrogens with one attached hydrogen (secondary N) is 3. The van der Waals surface area contributed by atoms with Gasteiger partial charge in [-0.1, -0.05) is 13.8 Å². The Morgan fingerprint density at radius 2 is 2.11 bits per heavy atom. The van der Waals surface area contributed by atoms with Crippen LogP contribution in [-0.4, -0.2) is 33.3 Å². The van der Waals surface area contributed by atoms with Gasteiger partial charge < -0.3 is 10.6 Å². The molecule has 0 aromatic carbocycles. The van der Waals surface area contributed by atoms with Gasteiger partial charge in [-0.2, -0.15) is 15.1 Å². The van der Waals surface area contributed by atoms with Crippen molar-refractivity contribution in [2.45, 2.75) is 32.7 Å². The van der Waals surface area contributed by atoms with Gasteiger partial charge in [-0.25, -0.2) is 0 Å². The predicted molar refractivity (Wildman–Crippen MR) is 76.2 cm³/mol. The monoisotopic (exact) mass is 260 g/mol. The Morgan fingerprint density at radius 1 is 1.26 bits per heavy atom. The quantitative estimate of drug-likeness (QED) is 0.789. The lowest BCUT2D eigenvalue weighted by molar-refractivity contribution is 0.435. The second kappa shape index (κ2) is 4.68. The molecule has 3 unspecified atom stereocenters. The molecule has 0 bridgehead atoms. The highest BCUT2D eigenvalue weighted by Gasteiger charge is 2.30. The smallest absolute Gasteiger partial charge is 0.226 e. The topological polar surface area (TPSA) is 78.5 Å². The Bertz CT molecular complexity index is 578. The predicted octanol–water partition coefficient (Wildman–Crippen LogP) is 2.24. The molecule has 1 fully saturated rings. The lowest BCUT2D eigenvalue weighted by atomic mass is 9.98. The van der Waals surface area contributed by atoms with Gasteiger partial charge in [-0.05, 0) is 24.7 Å². The number of aromatic nitrogens is 4. The molecule has 2 heterocycles. The van der Waals surface area contributed by atoms with E-state index >= 15 is 0 Å². The third-order valence-corrected chi connectivity index (χ3v) is 4.32. The van der Waals surface area contributed by atoms with E-state index in [1.54, 1.807) is 6.20 Å². The Balaban J connectivity index is 1.93. The van der Waals surface area contributed by atoms with E-state index in [-0.39, 0.29) is 0 Å². The third kappa shape index (κ3) is 2.11. The van der Waals surface area contributed by atoms with Crippen molar-refractivity contribution in [2.24, 2.45) is 11.8 Å². The number of hydrogen-bond acceptors (Lipinski definition) is 5. The summed E-state index contributed by atoms with van der Waals surface area (Å²) in [6, 6.07) is 0.479.